The Morgan fingerprint density at radius 2 is 2.06 bits per heavy atom. The minimum absolute atomic E-state index is 0.0891. The van der Waals surface area contributed by atoms with Gasteiger partial charge in [0.05, 0.1) is 6.04 Å². The van der Waals surface area contributed by atoms with Crippen LogP contribution in [0.1, 0.15) is 32.1 Å². The molecule has 0 saturated heterocycles. The van der Waals surface area contributed by atoms with Crippen LogP contribution in [0.2, 0.25) is 0 Å². The molecule has 2 amide bonds. The maximum atomic E-state index is 11.6. The molecule has 2 fully saturated rings. The number of carbonyl (C=O) groups excluding carboxylic acids is 1. The van der Waals surface area contributed by atoms with E-state index in [9.17, 15) is 4.79 Å². The number of nitrogens with one attached hydrogen (secondary N) is 2. The monoisotopic (exact) mass is 226 g/mol. The van der Waals surface area contributed by atoms with Crippen LogP contribution in [0.25, 0.3) is 0 Å². The fraction of sp³-hybridized carbons (Fsp3) is 0.800. The number of hydrogen-bond donors (Lipinski definition) is 4. The van der Waals surface area contributed by atoms with Crippen LogP contribution in [-0.4, -0.2) is 29.2 Å². The van der Waals surface area contributed by atoms with E-state index in [1.165, 1.54) is 6.42 Å². The maximum absolute atomic E-state index is 11.6. The predicted molar refractivity (Wildman–Crippen MR) is 59.2 cm³/mol. The molecule has 6 heteroatoms. The number of amidine groups is 1. The third-order valence-corrected chi connectivity index (χ3v) is 3.25. The molecule has 2 saturated carbocycles. The minimum Gasteiger partial charge on any atom is -0.409 e. The lowest BCUT2D eigenvalue weighted by Crippen LogP contribution is -2.53. The van der Waals surface area contributed by atoms with Crippen LogP contribution >= 0.6 is 0 Å². The molecule has 2 rings (SSSR count). The average Bonchev–Trinajstić information content (AvgIpc) is 3.02. The van der Waals surface area contributed by atoms with Crippen LogP contribution in [0.4, 0.5) is 4.79 Å². The van der Waals surface area contributed by atoms with Gasteiger partial charge in [-0.25, -0.2) is 4.79 Å². The van der Waals surface area contributed by atoms with Crippen molar-refractivity contribution in [1.29, 1.82) is 0 Å². The van der Waals surface area contributed by atoms with Crippen molar-refractivity contribution >= 4 is 11.9 Å². The minimum atomic E-state index is -0.329. The smallest absolute Gasteiger partial charge is 0.315 e. The molecular formula is C10H18N4O2. The van der Waals surface area contributed by atoms with Gasteiger partial charge in [0.2, 0.25) is 0 Å². The summed E-state index contributed by atoms with van der Waals surface area (Å²) in [4.78, 5) is 11.6. The molecule has 2 aliphatic carbocycles. The van der Waals surface area contributed by atoms with Crippen molar-refractivity contribution in [3.63, 3.8) is 0 Å². The molecule has 6 nitrogen and oxygen atoms in total. The van der Waals surface area contributed by atoms with E-state index >= 15 is 0 Å². The molecule has 2 aliphatic rings. The van der Waals surface area contributed by atoms with Crippen molar-refractivity contribution in [1.82, 2.24) is 10.6 Å². The average molecular weight is 226 g/mol. The summed E-state index contributed by atoms with van der Waals surface area (Å²) < 4.78 is 0. The van der Waals surface area contributed by atoms with Crippen molar-refractivity contribution in [3.05, 3.63) is 0 Å². The Kier molecular flexibility index (Phi) is 3.17. The molecular weight excluding hydrogens is 208 g/mol. The first-order valence-corrected chi connectivity index (χ1v) is 5.75. The van der Waals surface area contributed by atoms with Crippen LogP contribution in [-0.2, 0) is 0 Å². The number of rotatable bonds is 4. The van der Waals surface area contributed by atoms with Gasteiger partial charge in [-0.2, -0.15) is 0 Å². The van der Waals surface area contributed by atoms with Gasteiger partial charge in [-0.15, -0.1) is 0 Å². The van der Waals surface area contributed by atoms with Crippen molar-refractivity contribution < 1.29 is 10.0 Å². The van der Waals surface area contributed by atoms with Crippen molar-refractivity contribution in [2.24, 2.45) is 16.8 Å². The van der Waals surface area contributed by atoms with Gasteiger partial charge in [-0.1, -0.05) is 5.16 Å². The van der Waals surface area contributed by atoms with Gasteiger partial charge in [-0.05, 0) is 38.0 Å². The lowest BCUT2D eigenvalue weighted by Gasteiger charge is -2.27. The Labute approximate surface area is 94.3 Å². The van der Waals surface area contributed by atoms with Crippen LogP contribution in [0.15, 0.2) is 5.16 Å². The number of nitrogens with zero attached hydrogens (tertiary/aromatic N) is 1. The third-order valence-electron chi connectivity index (χ3n) is 3.25. The van der Waals surface area contributed by atoms with Crippen LogP contribution < -0.4 is 16.4 Å². The number of amides is 2. The Morgan fingerprint density at radius 1 is 1.38 bits per heavy atom. The summed E-state index contributed by atoms with van der Waals surface area (Å²) in [7, 11) is 0. The fourth-order valence-electron chi connectivity index (χ4n) is 1.85. The topological polar surface area (TPSA) is 99.7 Å². The van der Waals surface area contributed by atoms with E-state index in [1.54, 1.807) is 0 Å². The lowest BCUT2D eigenvalue weighted by atomic mass is 9.93. The zero-order chi connectivity index (χ0) is 11.5. The summed E-state index contributed by atoms with van der Waals surface area (Å²) in [6.07, 6.45) is 5.31. The van der Waals surface area contributed by atoms with Gasteiger partial charge < -0.3 is 21.6 Å². The number of carbonyl (C=O) groups is 1. The van der Waals surface area contributed by atoms with Gasteiger partial charge >= 0.3 is 6.03 Å². The molecule has 0 aromatic heterocycles. The second-order valence-corrected chi connectivity index (χ2v) is 4.59. The number of oxime groups is 1. The normalized spacial score (nSPS) is 23.4. The Morgan fingerprint density at radius 3 is 2.50 bits per heavy atom. The Bertz CT molecular complexity index is 297. The molecule has 0 aromatic carbocycles. The molecule has 1 atom stereocenters. The molecule has 16 heavy (non-hydrogen) atoms. The summed E-state index contributed by atoms with van der Waals surface area (Å²) in [5, 5.41) is 17.2. The molecule has 0 aliphatic heterocycles. The van der Waals surface area contributed by atoms with E-state index in [1.807, 2.05) is 0 Å². The van der Waals surface area contributed by atoms with E-state index < -0.39 is 0 Å². The van der Waals surface area contributed by atoms with E-state index in [0.717, 1.165) is 25.7 Å². The lowest BCUT2D eigenvalue weighted by molar-refractivity contribution is 0.225. The molecule has 0 bridgehead atoms. The van der Waals surface area contributed by atoms with E-state index in [0.29, 0.717) is 12.0 Å². The number of urea groups is 1. The quantitative estimate of drug-likeness (QED) is 0.241. The van der Waals surface area contributed by atoms with Gasteiger partial charge in [0.1, 0.15) is 0 Å². The predicted octanol–water partition coefficient (Wildman–Crippen LogP) is 0.363. The van der Waals surface area contributed by atoms with Gasteiger partial charge in [0.25, 0.3) is 0 Å². The van der Waals surface area contributed by atoms with Crippen molar-refractivity contribution in [3.8, 4) is 0 Å². The largest absolute Gasteiger partial charge is 0.409 e. The fourth-order valence-corrected chi connectivity index (χ4v) is 1.85. The van der Waals surface area contributed by atoms with Crippen LogP contribution in [0.5, 0.6) is 0 Å². The zero-order valence-electron chi connectivity index (χ0n) is 9.15. The molecule has 0 spiro atoms. The van der Waals surface area contributed by atoms with E-state index in [2.05, 4.69) is 15.8 Å². The summed E-state index contributed by atoms with van der Waals surface area (Å²) in [5.74, 6) is 0.411. The summed E-state index contributed by atoms with van der Waals surface area (Å²) in [6, 6.07) is -0.245. The van der Waals surface area contributed by atoms with Crippen molar-refractivity contribution in [2.45, 2.75) is 44.2 Å². The highest BCUT2D eigenvalue weighted by molar-refractivity contribution is 5.90. The highest BCUT2D eigenvalue weighted by Gasteiger charge is 2.35. The highest BCUT2D eigenvalue weighted by atomic mass is 16.4. The SMILES string of the molecule is NC(=NO)C(NC(=O)NC1CCC1)C1CC1. The standard InChI is InChI=1S/C10H18N4O2/c11-9(14-16)8(6-4-5-6)13-10(15)12-7-2-1-3-7/h6-8,16H,1-5H2,(H2,11,14)(H2,12,13,15). The molecule has 5 N–H and O–H groups in total. The second-order valence-electron chi connectivity index (χ2n) is 4.59. The molecule has 1 unspecified atom stereocenters. The Balaban J connectivity index is 1.82. The van der Waals surface area contributed by atoms with Crippen LogP contribution in [0.3, 0.4) is 0 Å². The molecule has 0 aromatic rings. The van der Waals surface area contributed by atoms with E-state index in [-0.39, 0.29) is 17.9 Å². The third kappa shape index (κ3) is 2.56. The van der Waals surface area contributed by atoms with Crippen LogP contribution in [0, 0.1) is 5.92 Å². The first-order chi connectivity index (χ1) is 7.70. The highest BCUT2D eigenvalue weighted by Crippen LogP contribution is 2.32. The van der Waals surface area contributed by atoms with Gasteiger partial charge in [-0.3, -0.25) is 0 Å². The number of nitrogens with two attached hydrogens (primary N) is 1. The first-order valence-electron chi connectivity index (χ1n) is 5.75. The molecule has 0 radical (unpaired) electrons. The number of hydrogen-bond acceptors (Lipinski definition) is 3. The summed E-state index contributed by atoms with van der Waals surface area (Å²) >= 11 is 0. The maximum Gasteiger partial charge on any atom is 0.315 e. The second kappa shape index (κ2) is 4.59. The molecule has 90 valence electrons. The zero-order valence-corrected chi connectivity index (χ0v) is 9.15. The van der Waals surface area contributed by atoms with Gasteiger partial charge in [0.15, 0.2) is 5.84 Å². The molecule has 0 heterocycles. The summed E-state index contributed by atoms with van der Waals surface area (Å²) in [6.45, 7) is 0. The van der Waals surface area contributed by atoms with E-state index in [4.69, 9.17) is 10.9 Å². The summed E-state index contributed by atoms with van der Waals surface area (Å²) in [5.41, 5.74) is 5.54. The van der Waals surface area contributed by atoms with Gasteiger partial charge in [0, 0.05) is 6.04 Å². The van der Waals surface area contributed by atoms with Crippen molar-refractivity contribution in [2.75, 3.05) is 0 Å². The Hall–Kier alpha value is -1.46. The first kappa shape index (κ1) is 11.0.